The molecule has 3 rings (SSSR count). The van der Waals surface area contributed by atoms with Crippen LogP contribution in [0.5, 0.6) is 0 Å². The third-order valence-corrected chi connectivity index (χ3v) is 5.66. The average molecular weight is 367 g/mol. The van der Waals surface area contributed by atoms with Gasteiger partial charge in [-0.3, -0.25) is 9.69 Å². The number of benzene rings is 2. The van der Waals surface area contributed by atoms with Crippen LogP contribution in [0.1, 0.15) is 30.5 Å². The van der Waals surface area contributed by atoms with Gasteiger partial charge in [0, 0.05) is 38.0 Å². The zero-order valence-corrected chi connectivity index (χ0v) is 16.5. The van der Waals surface area contributed by atoms with E-state index in [9.17, 15) is 9.90 Å². The summed E-state index contributed by atoms with van der Waals surface area (Å²) in [5.74, 6) is 0.0404. The summed E-state index contributed by atoms with van der Waals surface area (Å²) in [6, 6.07) is 18.6. The Morgan fingerprint density at radius 3 is 2.19 bits per heavy atom. The quantitative estimate of drug-likeness (QED) is 0.792. The SMILES string of the molecule is CN(Cc1ccccc1)C1(C(=O)NCC(C)(C)CO)Cc2ccccc2C1. The van der Waals surface area contributed by atoms with Crippen molar-refractivity contribution >= 4 is 5.91 Å². The van der Waals surface area contributed by atoms with Gasteiger partial charge < -0.3 is 10.4 Å². The molecular weight excluding hydrogens is 336 g/mol. The number of carbonyl (C=O) groups is 1. The predicted molar refractivity (Wildman–Crippen MR) is 108 cm³/mol. The number of carbonyl (C=O) groups excluding carboxylic acids is 1. The van der Waals surface area contributed by atoms with Crippen LogP contribution >= 0.6 is 0 Å². The highest BCUT2D eigenvalue weighted by Crippen LogP contribution is 2.35. The average Bonchev–Trinajstić information content (AvgIpc) is 3.08. The molecule has 144 valence electrons. The first kappa shape index (κ1) is 19.6. The number of nitrogens with zero attached hydrogens (tertiary/aromatic N) is 1. The smallest absolute Gasteiger partial charge is 0.241 e. The first-order valence-electron chi connectivity index (χ1n) is 9.57. The third-order valence-electron chi connectivity index (χ3n) is 5.66. The second-order valence-corrected chi connectivity index (χ2v) is 8.50. The second kappa shape index (κ2) is 7.83. The van der Waals surface area contributed by atoms with Gasteiger partial charge in [-0.15, -0.1) is 0 Å². The van der Waals surface area contributed by atoms with Gasteiger partial charge in [0.25, 0.3) is 0 Å². The summed E-state index contributed by atoms with van der Waals surface area (Å²) in [7, 11) is 2.04. The Balaban J connectivity index is 1.85. The van der Waals surface area contributed by atoms with Crippen LogP contribution in [0.3, 0.4) is 0 Å². The topological polar surface area (TPSA) is 52.6 Å². The Labute approximate surface area is 162 Å². The molecule has 0 radical (unpaired) electrons. The summed E-state index contributed by atoms with van der Waals surface area (Å²) in [5.41, 5.74) is 2.74. The summed E-state index contributed by atoms with van der Waals surface area (Å²) in [5, 5.41) is 12.6. The van der Waals surface area contributed by atoms with Crippen molar-refractivity contribution in [1.82, 2.24) is 10.2 Å². The normalized spacial score (nSPS) is 15.6. The summed E-state index contributed by atoms with van der Waals surface area (Å²) in [6.07, 6.45) is 1.41. The predicted octanol–water partition coefficient (Wildman–Crippen LogP) is 2.79. The molecule has 0 aromatic heterocycles. The number of amides is 1. The lowest BCUT2D eigenvalue weighted by atomic mass is 9.90. The molecule has 0 spiro atoms. The van der Waals surface area contributed by atoms with E-state index in [4.69, 9.17) is 0 Å². The molecule has 0 bridgehead atoms. The van der Waals surface area contributed by atoms with Crippen molar-refractivity contribution in [2.24, 2.45) is 5.41 Å². The van der Waals surface area contributed by atoms with Crippen molar-refractivity contribution in [3.8, 4) is 0 Å². The number of aliphatic hydroxyl groups excluding tert-OH is 1. The van der Waals surface area contributed by atoms with E-state index in [1.807, 2.05) is 51.2 Å². The molecule has 27 heavy (non-hydrogen) atoms. The zero-order valence-electron chi connectivity index (χ0n) is 16.5. The van der Waals surface area contributed by atoms with Gasteiger partial charge in [0.05, 0.1) is 0 Å². The standard InChI is InChI=1S/C23H30N2O2/c1-22(2,17-26)16-24-21(27)23(13-19-11-7-8-12-20(19)14-23)25(3)15-18-9-5-4-6-10-18/h4-12,26H,13-17H2,1-3H3,(H,24,27). The molecular formula is C23H30N2O2. The molecule has 0 unspecified atom stereocenters. The van der Waals surface area contributed by atoms with Gasteiger partial charge in [0.1, 0.15) is 5.54 Å². The van der Waals surface area contributed by atoms with Crippen molar-refractivity contribution in [2.45, 2.75) is 38.8 Å². The Morgan fingerprint density at radius 2 is 1.63 bits per heavy atom. The number of likely N-dealkylation sites (N-methyl/N-ethyl adjacent to an activating group) is 1. The van der Waals surface area contributed by atoms with E-state index < -0.39 is 5.54 Å². The first-order valence-corrected chi connectivity index (χ1v) is 9.57. The van der Waals surface area contributed by atoms with Gasteiger partial charge in [0.15, 0.2) is 0 Å². The number of rotatable bonds is 7. The molecule has 0 saturated carbocycles. The van der Waals surface area contributed by atoms with Crippen LogP contribution in [-0.2, 0) is 24.2 Å². The monoisotopic (exact) mass is 366 g/mol. The lowest BCUT2D eigenvalue weighted by Crippen LogP contribution is -2.59. The highest BCUT2D eigenvalue weighted by Gasteiger charge is 2.47. The minimum absolute atomic E-state index is 0.0404. The van der Waals surface area contributed by atoms with Crippen molar-refractivity contribution in [3.63, 3.8) is 0 Å². The fourth-order valence-electron chi connectivity index (χ4n) is 3.75. The Morgan fingerprint density at radius 1 is 1.07 bits per heavy atom. The maximum Gasteiger partial charge on any atom is 0.241 e. The Kier molecular flexibility index (Phi) is 5.68. The van der Waals surface area contributed by atoms with Crippen LogP contribution in [0.2, 0.25) is 0 Å². The van der Waals surface area contributed by atoms with Crippen molar-refractivity contribution in [1.29, 1.82) is 0 Å². The number of nitrogens with one attached hydrogen (secondary N) is 1. The Bertz CT molecular complexity index is 761. The van der Waals surface area contributed by atoms with E-state index in [1.165, 1.54) is 16.7 Å². The van der Waals surface area contributed by atoms with Crippen LogP contribution in [-0.4, -0.2) is 41.7 Å². The molecule has 1 amide bonds. The number of hydrogen-bond acceptors (Lipinski definition) is 3. The first-order chi connectivity index (χ1) is 12.9. The van der Waals surface area contributed by atoms with Crippen LogP contribution in [0.25, 0.3) is 0 Å². The summed E-state index contributed by atoms with van der Waals surface area (Å²) in [4.78, 5) is 15.6. The molecule has 1 aliphatic carbocycles. The third kappa shape index (κ3) is 4.23. The summed E-state index contributed by atoms with van der Waals surface area (Å²) >= 11 is 0. The molecule has 4 heteroatoms. The number of aliphatic hydroxyl groups is 1. The summed E-state index contributed by atoms with van der Waals surface area (Å²) in [6.45, 7) is 5.12. The van der Waals surface area contributed by atoms with E-state index in [2.05, 4.69) is 34.5 Å². The van der Waals surface area contributed by atoms with Crippen LogP contribution < -0.4 is 5.32 Å². The minimum Gasteiger partial charge on any atom is -0.396 e. The van der Waals surface area contributed by atoms with Crippen molar-refractivity contribution in [2.75, 3.05) is 20.2 Å². The molecule has 0 aliphatic heterocycles. The van der Waals surface area contributed by atoms with Crippen molar-refractivity contribution in [3.05, 3.63) is 71.3 Å². The van der Waals surface area contributed by atoms with E-state index in [1.54, 1.807) is 0 Å². The zero-order chi connectivity index (χ0) is 19.5. The van der Waals surface area contributed by atoms with E-state index >= 15 is 0 Å². The molecule has 1 aliphatic rings. The lowest BCUT2D eigenvalue weighted by molar-refractivity contribution is -0.133. The second-order valence-electron chi connectivity index (χ2n) is 8.50. The summed E-state index contributed by atoms with van der Waals surface area (Å²) < 4.78 is 0. The number of fused-ring (bicyclic) bond motifs is 1. The lowest BCUT2D eigenvalue weighted by Gasteiger charge is -2.38. The van der Waals surface area contributed by atoms with Crippen LogP contribution in [0, 0.1) is 5.41 Å². The van der Waals surface area contributed by atoms with Crippen LogP contribution in [0.15, 0.2) is 54.6 Å². The van der Waals surface area contributed by atoms with E-state index in [0.29, 0.717) is 25.9 Å². The maximum absolute atomic E-state index is 13.4. The largest absolute Gasteiger partial charge is 0.396 e. The van der Waals surface area contributed by atoms with Gasteiger partial charge in [-0.2, -0.15) is 0 Å². The Hall–Kier alpha value is -2.17. The molecule has 2 aromatic carbocycles. The maximum atomic E-state index is 13.4. The fraction of sp³-hybridized carbons (Fsp3) is 0.435. The minimum atomic E-state index is -0.606. The molecule has 2 N–H and O–H groups in total. The fourth-order valence-corrected chi connectivity index (χ4v) is 3.75. The molecule has 0 fully saturated rings. The molecule has 0 heterocycles. The van der Waals surface area contributed by atoms with Gasteiger partial charge in [0.2, 0.25) is 5.91 Å². The van der Waals surface area contributed by atoms with Gasteiger partial charge in [-0.25, -0.2) is 0 Å². The van der Waals surface area contributed by atoms with Gasteiger partial charge in [-0.1, -0.05) is 68.4 Å². The van der Waals surface area contributed by atoms with Gasteiger partial charge >= 0.3 is 0 Å². The molecule has 4 nitrogen and oxygen atoms in total. The van der Waals surface area contributed by atoms with Gasteiger partial charge in [-0.05, 0) is 23.7 Å². The molecule has 2 aromatic rings. The van der Waals surface area contributed by atoms with Crippen LogP contribution in [0.4, 0.5) is 0 Å². The molecule has 0 atom stereocenters. The van der Waals surface area contributed by atoms with E-state index in [-0.39, 0.29) is 17.9 Å². The van der Waals surface area contributed by atoms with E-state index in [0.717, 1.165) is 0 Å². The highest BCUT2D eigenvalue weighted by atomic mass is 16.3. The number of hydrogen-bond donors (Lipinski definition) is 2. The highest BCUT2D eigenvalue weighted by molar-refractivity contribution is 5.88. The molecule has 0 saturated heterocycles. The van der Waals surface area contributed by atoms with Crippen molar-refractivity contribution < 1.29 is 9.90 Å².